The van der Waals surface area contributed by atoms with Crippen molar-refractivity contribution in [3.63, 3.8) is 0 Å². The quantitative estimate of drug-likeness (QED) is 0.786. The maximum absolute atomic E-state index is 11.9. The van der Waals surface area contributed by atoms with E-state index in [1.165, 1.54) is 0 Å². The molecule has 0 N–H and O–H groups in total. The van der Waals surface area contributed by atoms with E-state index in [0.29, 0.717) is 15.2 Å². The lowest BCUT2D eigenvalue weighted by molar-refractivity contribution is 0.0511. The van der Waals surface area contributed by atoms with Gasteiger partial charge in [-0.1, -0.05) is 11.6 Å². The molecule has 2 rings (SSSR count). The van der Waals surface area contributed by atoms with Crippen LogP contribution < -0.4 is 10.3 Å². The summed E-state index contributed by atoms with van der Waals surface area (Å²) in [6, 6.07) is 8.84. The molecule has 0 aliphatic rings. The highest BCUT2D eigenvalue weighted by Crippen LogP contribution is 2.30. The van der Waals surface area contributed by atoms with Crippen LogP contribution in [0, 0.1) is 0 Å². The topological polar surface area (TPSA) is 40.5 Å². The highest BCUT2D eigenvalue weighted by molar-refractivity contribution is 9.10. The van der Waals surface area contributed by atoms with Gasteiger partial charge in [-0.05, 0) is 46.3 Å². The number of methoxy groups -OCH3 is 1. The number of ether oxygens (including phenoxy) is 2. The van der Waals surface area contributed by atoms with E-state index in [9.17, 15) is 4.79 Å². The summed E-state index contributed by atoms with van der Waals surface area (Å²) in [6.07, 6.45) is 0. The van der Waals surface area contributed by atoms with E-state index in [1.54, 1.807) is 36.9 Å². The molecule has 2 aromatic rings. The van der Waals surface area contributed by atoms with Crippen molar-refractivity contribution in [3.05, 3.63) is 50.2 Å². The molecule has 20 heavy (non-hydrogen) atoms. The average molecular weight is 359 g/mol. The van der Waals surface area contributed by atoms with E-state index >= 15 is 0 Å². The van der Waals surface area contributed by atoms with Gasteiger partial charge in [0.1, 0.15) is 5.75 Å². The zero-order chi connectivity index (χ0) is 14.7. The highest BCUT2D eigenvalue weighted by Gasteiger charge is 2.10. The van der Waals surface area contributed by atoms with Gasteiger partial charge in [0.15, 0.2) is 6.79 Å². The summed E-state index contributed by atoms with van der Waals surface area (Å²) in [5.41, 5.74) is 1.39. The highest BCUT2D eigenvalue weighted by atomic mass is 79.9. The van der Waals surface area contributed by atoms with Crippen molar-refractivity contribution in [2.24, 2.45) is 7.05 Å². The summed E-state index contributed by atoms with van der Waals surface area (Å²) < 4.78 is 12.2. The van der Waals surface area contributed by atoms with Crippen LogP contribution in [0.3, 0.4) is 0 Å². The molecule has 0 bridgehead atoms. The van der Waals surface area contributed by atoms with Gasteiger partial charge >= 0.3 is 0 Å². The Hall–Kier alpha value is -1.30. The molecule has 106 valence electrons. The maximum Gasteiger partial charge on any atom is 0.265 e. The van der Waals surface area contributed by atoms with Crippen molar-refractivity contribution in [3.8, 4) is 17.0 Å². The molecule has 0 fully saturated rings. The molecule has 1 heterocycles. The first-order chi connectivity index (χ1) is 9.54. The van der Waals surface area contributed by atoms with Crippen molar-refractivity contribution >= 4 is 27.5 Å². The van der Waals surface area contributed by atoms with Gasteiger partial charge < -0.3 is 14.0 Å². The summed E-state index contributed by atoms with van der Waals surface area (Å²) in [5.74, 6) is 0.614. The van der Waals surface area contributed by atoms with Crippen LogP contribution in [0.2, 0.25) is 5.02 Å². The second kappa shape index (κ2) is 6.43. The molecule has 1 aromatic carbocycles. The molecule has 0 aliphatic carbocycles. The Kier molecular flexibility index (Phi) is 4.86. The van der Waals surface area contributed by atoms with Gasteiger partial charge in [-0.25, -0.2) is 0 Å². The first kappa shape index (κ1) is 15.1. The fraction of sp³-hybridized carbons (Fsp3) is 0.214. The average Bonchev–Trinajstić information content (AvgIpc) is 2.44. The standard InChI is InChI=1S/C14H13BrClNO3/c1-17-13(6-5-11(15)14(17)18)10-4-3-9(7-12(10)16)20-8-19-2/h3-7H,8H2,1-2H3. The molecule has 0 amide bonds. The third-order valence-electron chi connectivity index (χ3n) is 2.82. The molecule has 0 radical (unpaired) electrons. The molecule has 0 aliphatic heterocycles. The Labute approximate surface area is 130 Å². The smallest absolute Gasteiger partial charge is 0.265 e. The zero-order valence-corrected chi connectivity index (χ0v) is 13.4. The lowest BCUT2D eigenvalue weighted by Crippen LogP contribution is -2.18. The van der Waals surface area contributed by atoms with Crippen molar-refractivity contribution in [1.82, 2.24) is 4.57 Å². The van der Waals surface area contributed by atoms with E-state index in [2.05, 4.69) is 15.9 Å². The molecule has 0 unspecified atom stereocenters. The molecule has 0 atom stereocenters. The minimum Gasteiger partial charge on any atom is -0.468 e. The number of nitrogens with zero attached hydrogens (tertiary/aromatic N) is 1. The van der Waals surface area contributed by atoms with Gasteiger partial charge in [0.2, 0.25) is 0 Å². The molecule has 4 nitrogen and oxygen atoms in total. The Balaban J connectivity index is 2.44. The van der Waals surface area contributed by atoms with Crippen LogP contribution in [0.4, 0.5) is 0 Å². The summed E-state index contributed by atoms with van der Waals surface area (Å²) in [4.78, 5) is 11.9. The second-order valence-electron chi connectivity index (χ2n) is 4.12. The van der Waals surface area contributed by atoms with E-state index in [4.69, 9.17) is 21.1 Å². The number of hydrogen-bond donors (Lipinski definition) is 0. The molecular formula is C14H13BrClNO3. The lowest BCUT2D eigenvalue weighted by atomic mass is 10.1. The first-order valence-corrected chi connectivity index (χ1v) is 6.99. The minimum atomic E-state index is -0.113. The molecule has 0 spiro atoms. The lowest BCUT2D eigenvalue weighted by Gasteiger charge is -2.12. The van der Waals surface area contributed by atoms with Crippen molar-refractivity contribution in [1.29, 1.82) is 0 Å². The van der Waals surface area contributed by atoms with Gasteiger partial charge in [-0.2, -0.15) is 0 Å². The number of rotatable bonds is 4. The summed E-state index contributed by atoms with van der Waals surface area (Å²) >= 11 is 9.47. The van der Waals surface area contributed by atoms with Crippen molar-refractivity contribution < 1.29 is 9.47 Å². The van der Waals surface area contributed by atoms with Crippen LogP contribution in [0.25, 0.3) is 11.3 Å². The second-order valence-corrected chi connectivity index (χ2v) is 5.38. The SMILES string of the molecule is COCOc1ccc(-c2ccc(Br)c(=O)n2C)c(Cl)c1. The van der Waals surface area contributed by atoms with E-state index in [-0.39, 0.29) is 12.4 Å². The monoisotopic (exact) mass is 357 g/mol. The largest absolute Gasteiger partial charge is 0.468 e. The summed E-state index contributed by atoms with van der Waals surface area (Å²) in [7, 11) is 3.25. The summed E-state index contributed by atoms with van der Waals surface area (Å²) in [6.45, 7) is 0.159. The van der Waals surface area contributed by atoms with Crippen molar-refractivity contribution in [2.45, 2.75) is 0 Å². The van der Waals surface area contributed by atoms with E-state index < -0.39 is 0 Å². The van der Waals surface area contributed by atoms with E-state index in [1.807, 2.05) is 12.1 Å². The minimum absolute atomic E-state index is 0.113. The van der Waals surface area contributed by atoms with Gasteiger partial charge in [0.25, 0.3) is 5.56 Å². The predicted molar refractivity (Wildman–Crippen MR) is 82.3 cm³/mol. The normalized spacial score (nSPS) is 10.6. The van der Waals surface area contributed by atoms with Crippen LogP contribution >= 0.6 is 27.5 Å². The molecule has 0 saturated carbocycles. The van der Waals surface area contributed by atoms with Crippen LogP contribution in [0.1, 0.15) is 0 Å². The number of aromatic nitrogens is 1. The molecule has 1 aromatic heterocycles. The van der Waals surface area contributed by atoms with Gasteiger partial charge in [0.05, 0.1) is 15.2 Å². The molecule has 6 heteroatoms. The van der Waals surface area contributed by atoms with E-state index in [0.717, 1.165) is 11.3 Å². The van der Waals surface area contributed by atoms with Crippen LogP contribution in [0.5, 0.6) is 5.75 Å². The number of pyridine rings is 1. The Morgan fingerprint density at radius 2 is 2.05 bits per heavy atom. The van der Waals surface area contributed by atoms with Crippen LogP contribution in [-0.4, -0.2) is 18.5 Å². The maximum atomic E-state index is 11.9. The third-order valence-corrected chi connectivity index (χ3v) is 3.73. The number of benzene rings is 1. The number of halogens is 2. The molecular weight excluding hydrogens is 346 g/mol. The fourth-order valence-electron chi connectivity index (χ4n) is 1.80. The Morgan fingerprint density at radius 1 is 1.30 bits per heavy atom. The Bertz CT molecular complexity index is 685. The summed E-state index contributed by atoms with van der Waals surface area (Å²) in [5, 5.41) is 0.510. The van der Waals surface area contributed by atoms with Crippen LogP contribution in [-0.2, 0) is 11.8 Å². The van der Waals surface area contributed by atoms with Crippen LogP contribution in [0.15, 0.2) is 39.6 Å². The van der Waals surface area contributed by atoms with Gasteiger partial charge in [0, 0.05) is 19.7 Å². The third kappa shape index (κ3) is 3.06. The number of hydrogen-bond acceptors (Lipinski definition) is 3. The van der Waals surface area contributed by atoms with Crippen molar-refractivity contribution in [2.75, 3.05) is 13.9 Å². The first-order valence-electron chi connectivity index (χ1n) is 5.81. The fourth-order valence-corrected chi connectivity index (χ4v) is 2.46. The predicted octanol–water partition coefficient (Wildman–Crippen LogP) is 3.45. The van der Waals surface area contributed by atoms with Gasteiger partial charge in [-0.3, -0.25) is 4.79 Å². The Morgan fingerprint density at radius 3 is 2.70 bits per heavy atom. The zero-order valence-electron chi connectivity index (χ0n) is 11.0. The molecule has 0 saturated heterocycles. The van der Waals surface area contributed by atoms with Gasteiger partial charge in [-0.15, -0.1) is 0 Å².